The van der Waals surface area contributed by atoms with Gasteiger partial charge in [-0.1, -0.05) is 30.3 Å². The lowest BCUT2D eigenvalue weighted by molar-refractivity contribution is -0.389. The highest BCUT2D eigenvalue weighted by atomic mass is 16.6. The van der Waals surface area contributed by atoms with Crippen LogP contribution in [0.4, 0.5) is 5.82 Å². The van der Waals surface area contributed by atoms with Crippen molar-refractivity contribution in [3.8, 4) is 17.5 Å². The molecule has 0 saturated carbocycles. The van der Waals surface area contributed by atoms with Crippen LogP contribution in [0.5, 0.6) is 17.5 Å². The molecule has 0 aliphatic carbocycles. The molecule has 1 unspecified atom stereocenters. The maximum atomic E-state index is 10.9. The Morgan fingerprint density at radius 1 is 1.14 bits per heavy atom. The summed E-state index contributed by atoms with van der Waals surface area (Å²) in [6.07, 6.45) is 2.05. The van der Waals surface area contributed by atoms with E-state index in [1.807, 2.05) is 61.5 Å². The maximum Gasteiger partial charge on any atom is 0.414 e. The number of aromatic nitrogens is 2. The summed E-state index contributed by atoms with van der Waals surface area (Å²) < 4.78 is 19.2. The molecule has 0 radical (unpaired) electrons. The van der Waals surface area contributed by atoms with Crippen LogP contribution in [0, 0.1) is 10.1 Å². The van der Waals surface area contributed by atoms with Crippen LogP contribution in [0.1, 0.15) is 18.9 Å². The number of nitro groups is 1. The first-order valence-electron chi connectivity index (χ1n) is 9.31. The molecule has 8 heteroatoms. The van der Waals surface area contributed by atoms with Crippen LogP contribution in [0.25, 0.3) is 0 Å². The van der Waals surface area contributed by atoms with Crippen molar-refractivity contribution in [1.29, 1.82) is 0 Å². The zero-order valence-corrected chi connectivity index (χ0v) is 16.0. The molecule has 8 nitrogen and oxygen atoms in total. The van der Waals surface area contributed by atoms with E-state index in [4.69, 9.17) is 14.2 Å². The monoisotopic (exact) mass is 395 g/mol. The van der Waals surface area contributed by atoms with Gasteiger partial charge in [0.1, 0.15) is 36.5 Å². The van der Waals surface area contributed by atoms with Gasteiger partial charge in [-0.2, -0.15) is 0 Å². The molecule has 0 amide bonds. The number of hydrogen-bond donors (Lipinski definition) is 0. The van der Waals surface area contributed by atoms with E-state index in [2.05, 4.69) is 4.98 Å². The largest absolute Gasteiger partial charge is 0.489 e. The van der Waals surface area contributed by atoms with Gasteiger partial charge in [-0.15, -0.1) is 0 Å². The van der Waals surface area contributed by atoms with Gasteiger partial charge in [0.25, 0.3) is 0 Å². The second-order valence-corrected chi connectivity index (χ2v) is 7.17. The minimum absolute atomic E-state index is 0.212. The zero-order valence-electron chi connectivity index (χ0n) is 16.0. The molecule has 1 aliphatic rings. The Morgan fingerprint density at radius 3 is 2.52 bits per heavy atom. The summed E-state index contributed by atoms with van der Waals surface area (Å²) in [4.78, 5) is 14.3. The van der Waals surface area contributed by atoms with E-state index in [-0.39, 0.29) is 11.8 Å². The molecule has 1 aromatic heterocycles. The number of benzene rings is 2. The highest BCUT2D eigenvalue weighted by Crippen LogP contribution is 2.30. The second kappa shape index (κ2) is 7.83. The Kier molecular flexibility index (Phi) is 5.07. The summed E-state index contributed by atoms with van der Waals surface area (Å²) in [5.41, 5.74) is 0.492. The molecule has 3 aromatic rings. The number of fused-ring (bicyclic) bond motifs is 1. The Hall–Kier alpha value is -3.55. The second-order valence-electron chi connectivity index (χ2n) is 7.17. The van der Waals surface area contributed by atoms with Gasteiger partial charge in [0, 0.05) is 17.9 Å². The van der Waals surface area contributed by atoms with Crippen molar-refractivity contribution in [2.24, 2.45) is 0 Å². The van der Waals surface area contributed by atoms with E-state index in [1.54, 1.807) is 4.57 Å². The summed E-state index contributed by atoms with van der Waals surface area (Å²) in [6.45, 7) is 3.31. The van der Waals surface area contributed by atoms with Crippen LogP contribution >= 0.6 is 0 Å². The van der Waals surface area contributed by atoms with Crippen molar-refractivity contribution in [3.05, 3.63) is 76.5 Å². The number of ether oxygens (including phenoxy) is 3. The molecule has 1 aliphatic heterocycles. The molecule has 0 fully saturated rings. The van der Waals surface area contributed by atoms with Crippen molar-refractivity contribution in [2.45, 2.75) is 32.1 Å². The molecule has 1 atom stereocenters. The van der Waals surface area contributed by atoms with Gasteiger partial charge in [-0.05, 0) is 41.7 Å². The molecule has 0 bridgehead atoms. The zero-order chi connectivity index (χ0) is 20.3. The van der Waals surface area contributed by atoms with Gasteiger partial charge in [0.05, 0.1) is 0 Å². The van der Waals surface area contributed by atoms with Crippen molar-refractivity contribution in [3.63, 3.8) is 0 Å². The first-order valence-corrected chi connectivity index (χ1v) is 9.31. The summed E-state index contributed by atoms with van der Waals surface area (Å²) in [5.74, 6) is 1.24. The van der Waals surface area contributed by atoms with Gasteiger partial charge in [-0.25, -0.2) is 0 Å². The molecule has 2 heterocycles. The molecule has 0 N–H and O–H groups in total. The van der Waals surface area contributed by atoms with Gasteiger partial charge < -0.3 is 24.3 Å². The van der Waals surface area contributed by atoms with Crippen LogP contribution in [0.2, 0.25) is 0 Å². The predicted molar refractivity (Wildman–Crippen MR) is 105 cm³/mol. The van der Waals surface area contributed by atoms with Crippen LogP contribution in [-0.2, 0) is 13.2 Å². The predicted octanol–water partition coefficient (Wildman–Crippen LogP) is 3.99. The summed E-state index contributed by atoms with van der Waals surface area (Å²) in [7, 11) is 0. The van der Waals surface area contributed by atoms with Gasteiger partial charge in [0.15, 0.2) is 0 Å². The fourth-order valence-corrected chi connectivity index (χ4v) is 3.05. The summed E-state index contributed by atoms with van der Waals surface area (Å²) in [6, 6.07) is 17.6. The van der Waals surface area contributed by atoms with Crippen molar-refractivity contribution in [2.75, 3.05) is 6.61 Å². The molecule has 4 rings (SSSR count). The SMILES string of the molecule is CC1(COc2ccc(OCc3ccccc3)cc2)CCn2cc([N+](=O)[O-])nc2O1. The quantitative estimate of drug-likeness (QED) is 0.444. The Bertz CT molecular complexity index is 987. The van der Waals surface area contributed by atoms with Crippen LogP contribution in [0.15, 0.2) is 60.8 Å². The highest BCUT2D eigenvalue weighted by molar-refractivity contribution is 5.31. The molecular weight excluding hydrogens is 374 g/mol. The van der Waals surface area contributed by atoms with Gasteiger partial charge in [0.2, 0.25) is 0 Å². The van der Waals surface area contributed by atoms with Gasteiger partial charge >= 0.3 is 11.8 Å². The molecule has 2 aromatic carbocycles. The molecule has 150 valence electrons. The number of rotatable bonds is 7. The van der Waals surface area contributed by atoms with Crippen molar-refractivity contribution >= 4 is 5.82 Å². The third-order valence-electron chi connectivity index (χ3n) is 4.75. The van der Waals surface area contributed by atoms with Crippen LogP contribution in [0.3, 0.4) is 0 Å². The molecule has 0 saturated heterocycles. The maximum absolute atomic E-state index is 10.9. The summed E-state index contributed by atoms with van der Waals surface area (Å²) >= 11 is 0. The lowest BCUT2D eigenvalue weighted by atomic mass is 10.0. The van der Waals surface area contributed by atoms with Gasteiger partial charge in [-0.3, -0.25) is 4.57 Å². The Morgan fingerprint density at radius 2 is 1.83 bits per heavy atom. The summed E-state index contributed by atoms with van der Waals surface area (Å²) in [5, 5.41) is 10.9. The third kappa shape index (κ3) is 4.48. The number of nitrogens with zero attached hydrogens (tertiary/aromatic N) is 3. The number of aryl methyl sites for hydroxylation is 1. The smallest absolute Gasteiger partial charge is 0.414 e. The van der Waals surface area contributed by atoms with E-state index in [0.717, 1.165) is 11.3 Å². The molecule has 29 heavy (non-hydrogen) atoms. The van der Waals surface area contributed by atoms with E-state index in [9.17, 15) is 10.1 Å². The van der Waals surface area contributed by atoms with Crippen molar-refractivity contribution < 1.29 is 19.1 Å². The van der Waals surface area contributed by atoms with E-state index < -0.39 is 10.5 Å². The van der Waals surface area contributed by atoms with E-state index in [0.29, 0.717) is 31.9 Å². The Balaban J connectivity index is 1.32. The highest BCUT2D eigenvalue weighted by Gasteiger charge is 2.37. The fourth-order valence-electron chi connectivity index (χ4n) is 3.05. The average molecular weight is 395 g/mol. The normalized spacial score (nSPS) is 17.8. The number of imidazole rings is 1. The standard InChI is InChI=1S/C21H21N3O5/c1-21(11-12-23-13-19(24(25)26)22-20(23)29-21)15-28-18-9-7-17(8-10-18)27-14-16-5-3-2-4-6-16/h2-10,13H,11-12,14-15H2,1H3. The lowest BCUT2D eigenvalue weighted by Gasteiger charge is -2.32. The fraction of sp³-hybridized carbons (Fsp3) is 0.286. The third-order valence-corrected chi connectivity index (χ3v) is 4.75. The minimum atomic E-state index is -0.613. The topological polar surface area (TPSA) is 88.7 Å². The van der Waals surface area contributed by atoms with E-state index >= 15 is 0 Å². The van der Waals surface area contributed by atoms with Crippen LogP contribution < -0.4 is 14.2 Å². The molecular formula is C21H21N3O5. The minimum Gasteiger partial charge on any atom is -0.489 e. The van der Waals surface area contributed by atoms with Crippen molar-refractivity contribution in [1.82, 2.24) is 9.55 Å². The van der Waals surface area contributed by atoms with E-state index in [1.165, 1.54) is 6.20 Å². The first kappa shape index (κ1) is 18.8. The van der Waals surface area contributed by atoms with Crippen LogP contribution in [-0.4, -0.2) is 26.7 Å². The molecule has 0 spiro atoms. The first-order chi connectivity index (χ1) is 14.0. The Labute approximate surface area is 167 Å². The lowest BCUT2D eigenvalue weighted by Crippen LogP contribution is -2.43. The number of hydrogen-bond acceptors (Lipinski definition) is 6. The average Bonchev–Trinajstić information content (AvgIpc) is 3.16.